The Morgan fingerprint density at radius 3 is 2.05 bits per heavy atom. The number of thiophene rings is 1. The summed E-state index contributed by atoms with van der Waals surface area (Å²) in [6, 6.07) is 16.3. The van der Waals surface area contributed by atoms with Crippen molar-refractivity contribution in [1.82, 2.24) is 0 Å². The maximum absolute atomic E-state index is 8.66. The SMILES string of the molecule is [C-]#[N+]c1sc(N=Nc2ccc(N(CCOCCOCCOCCOCCO)Cc3ccccc3)cc2C)c([N+]#[C-])c1C. The van der Waals surface area contributed by atoms with Crippen molar-refractivity contribution < 1.29 is 24.1 Å². The predicted molar refractivity (Wildman–Crippen MR) is 165 cm³/mol. The van der Waals surface area contributed by atoms with E-state index < -0.39 is 0 Å². The Balaban J connectivity index is 1.53. The third kappa shape index (κ3) is 10.6. The van der Waals surface area contributed by atoms with Gasteiger partial charge in [-0.05, 0) is 41.8 Å². The molecule has 3 aromatic rings. The van der Waals surface area contributed by atoms with Gasteiger partial charge in [0, 0.05) is 18.8 Å². The number of benzene rings is 2. The van der Waals surface area contributed by atoms with E-state index >= 15 is 0 Å². The van der Waals surface area contributed by atoms with E-state index in [1.165, 1.54) is 16.9 Å². The van der Waals surface area contributed by atoms with Crippen molar-refractivity contribution >= 4 is 38.4 Å². The molecule has 0 spiro atoms. The highest BCUT2D eigenvalue weighted by atomic mass is 32.1. The van der Waals surface area contributed by atoms with Gasteiger partial charge < -0.3 is 29.0 Å². The summed E-state index contributed by atoms with van der Waals surface area (Å²) in [7, 11) is 0. The number of ether oxygens (including phenoxy) is 4. The summed E-state index contributed by atoms with van der Waals surface area (Å²) in [5, 5.41) is 18.3. The number of azo groups is 1. The van der Waals surface area contributed by atoms with Crippen LogP contribution in [0.4, 0.5) is 27.1 Å². The van der Waals surface area contributed by atoms with Crippen molar-refractivity contribution in [2.24, 2.45) is 10.2 Å². The molecule has 42 heavy (non-hydrogen) atoms. The van der Waals surface area contributed by atoms with Crippen LogP contribution in [0.2, 0.25) is 0 Å². The number of aliphatic hydroxyl groups excluding tert-OH is 1. The maximum Gasteiger partial charge on any atom is 0.234 e. The minimum absolute atomic E-state index is 0.0151. The number of hydrogen-bond acceptors (Lipinski definition) is 9. The van der Waals surface area contributed by atoms with E-state index in [4.69, 9.17) is 37.2 Å². The summed E-state index contributed by atoms with van der Waals surface area (Å²) in [6.07, 6.45) is 0. The Labute approximate surface area is 251 Å². The van der Waals surface area contributed by atoms with Gasteiger partial charge in [-0.3, -0.25) is 0 Å². The quantitative estimate of drug-likeness (QED) is 0.0922. The van der Waals surface area contributed by atoms with Crippen molar-refractivity contribution in [2.75, 3.05) is 70.9 Å². The minimum atomic E-state index is 0.0151. The molecular weight excluding hydrogens is 554 g/mol. The molecule has 10 nitrogen and oxygen atoms in total. The molecule has 222 valence electrons. The topological polar surface area (TPSA) is 93.8 Å². The van der Waals surface area contributed by atoms with Crippen LogP contribution < -0.4 is 4.90 Å². The van der Waals surface area contributed by atoms with Crippen LogP contribution in [0.15, 0.2) is 58.8 Å². The standard InChI is InChI=1S/C31H37N5O5S/c1-24-22-27(10-11-28(24)34-35-31-29(32-3)25(2)30(33-4)42-31)36(23-26-8-6-5-7-9-26)12-14-38-16-18-40-20-21-41-19-17-39-15-13-37/h5-11,22,37H,12-21,23H2,1-2H3. The van der Waals surface area contributed by atoms with Crippen LogP contribution in [-0.4, -0.2) is 71.1 Å². The van der Waals surface area contributed by atoms with Gasteiger partial charge in [0.1, 0.15) is 5.00 Å². The van der Waals surface area contributed by atoms with Gasteiger partial charge in [0.05, 0.1) is 78.3 Å². The molecule has 0 saturated heterocycles. The molecule has 0 unspecified atom stereocenters. The monoisotopic (exact) mass is 591 g/mol. The minimum Gasteiger partial charge on any atom is -0.394 e. The van der Waals surface area contributed by atoms with Crippen LogP contribution in [0, 0.1) is 27.0 Å². The highest BCUT2D eigenvalue weighted by Crippen LogP contribution is 2.47. The number of anilines is 1. The Kier molecular flexibility index (Phi) is 14.6. The Bertz CT molecular complexity index is 1350. The lowest BCUT2D eigenvalue weighted by molar-refractivity contribution is -0.00490. The van der Waals surface area contributed by atoms with Crippen LogP contribution in [0.5, 0.6) is 0 Å². The van der Waals surface area contributed by atoms with Crippen molar-refractivity contribution in [3.63, 3.8) is 0 Å². The van der Waals surface area contributed by atoms with E-state index in [2.05, 4.69) is 43.0 Å². The zero-order valence-electron chi connectivity index (χ0n) is 24.1. The van der Waals surface area contributed by atoms with E-state index in [1.54, 1.807) is 6.92 Å². The fraction of sp³-hybridized carbons (Fsp3) is 0.419. The largest absolute Gasteiger partial charge is 0.394 e. The van der Waals surface area contributed by atoms with Crippen molar-refractivity contribution in [1.29, 1.82) is 0 Å². The highest BCUT2D eigenvalue weighted by Gasteiger charge is 2.15. The van der Waals surface area contributed by atoms with E-state index in [-0.39, 0.29) is 6.61 Å². The van der Waals surface area contributed by atoms with Crippen LogP contribution >= 0.6 is 11.3 Å². The van der Waals surface area contributed by atoms with E-state index in [0.29, 0.717) is 86.3 Å². The third-order valence-electron chi connectivity index (χ3n) is 6.15. The highest BCUT2D eigenvalue weighted by molar-refractivity contribution is 7.20. The number of aliphatic hydroxyl groups is 1. The average molecular weight is 592 g/mol. The summed E-state index contributed by atoms with van der Waals surface area (Å²) >= 11 is 1.19. The molecule has 11 heteroatoms. The second-order valence-corrected chi connectivity index (χ2v) is 10.1. The molecule has 2 aromatic carbocycles. The fourth-order valence-electron chi connectivity index (χ4n) is 3.94. The molecular formula is C31H37N5O5S. The number of nitrogens with zero attached hydrogens (tertiary/aromatic N) is 5. The normalized spacial score (nSPS) is 11.1. The summed E-state index contributed by atoms with van der Waals surface area (Å²) < 4.78 is 22.0. The van der Waals surface area contributed by atoms with E-state index in [1.807, 2.05) is 37.3 Å². The first-order valence-corrected chi connectivity index (χ1v) is 14.5. The van der Waals surface area contributed by atoms with Crippen LogP contribution in [0.25, 0.3) is 9.69 Å². The van der Waals surface area contributed by atoms with Crippen molar-refractivity contribution in [3.8, 4) is 0 Å². The molecule has 0 aliphatic carbocycles. The molecule has 0 aliphatic rings. The van der Waals surface area contributed by atoms with Crippen molar-refractivity contribution in [2.45, 2.75) is 20.4 Å². The zero-order valence-corrected chi connectivity index (χ0v) is 24.9. The number of rotatable bonds is 19. The van der Waals surface area contributed by atoms with E-state index in [0.717, 1.165) is 17.8 Å². The van der Waals surface area contributed by atoms with Gasteiger partial charge in [-0.2, -0.15) is 10.2 Å². The van der Waals surface area contributed by atoms with Gasteiger partial charge >= 0.3 is 0 Å². The Morgan fingerprint density at radius 2 is 1.45 bits per heavy atom. The second kappa shape index (κ2) is 18.7. The Hall–Kier alpha value is -3.68. The van der Waals surface area contributed by atoms with Crippen molar-refractivity contribution in [3.05, 3.63) is 88.1 Å². The zero-order chi connectivity index (χ0) is 30.0. The molecule has 0 aliphatic heterocycles. The Morgan fingerprint density at radius 1 is 0.810 bits per heavy atom. The average Bonchev–Trinajstić information content (AvgIpc) is 3.32. The lowest BCUT2D eigenvalue weighted by Crippen LogP contribution is -2.27. The maximum atomic E-state index is 8.66. The van der Waals surface area contributed by atoms with Gasteiger partial charge in [-0.1, -0.05) is 37.3 Å². The first kappa shape index (κ1) is 32.8. The predicted octanol–water partition coefficient (Wildman–Crippen LogP) is 6.95. The second-order valence-electron chi connectivity index (χ2n) is 9.16. The van der Waals surface area contributed by atoms with Crippen LogP contribution in [0.3, 0.4) is 0 Å². The number of hydrogen-bond donors (Lipinski definition) is 1. The molecule has 0 saturated carbocycles. The molecule has 0 amide bonds. The van der Waals surface area contributed by atoms with Gasteiger partial charge in [-0.15, -0.1) is 11.3 Å². The molecule has 1 N–H and O–H groups in total. The van der Waals surface area contributed by atoms with Crippen LogP contribution in [-0.2, 0) is 25.5 Å². The van der Waals surface area contributed by atoms with E-state index in [9.17, 15) is 0 Å². The lowest BCUT2D eigenvalue weighted by Gasteiger charge is -2.25. The molecule has 0 radical (unpaired) electrons. The van der Waals surface area contributed by atoms with Crippen LogP contribution in [0.1, 0.15) is 16.7 Å². The summed E-state index contributed by atoms with van der Waals surface area (Å²) in [5.74, 6) is 0. The first-order valence-electron chi connectivity index (χ1n) is 13.7. The molecule has 3 rings (SSSR count). The molecule has 0 bridgehead atoms. The molecule has 1 heterocycles. The smallest absolute Gasteiger partial charge is 0.234 e. The molecule has 1 aromatic heterocycles. The van der Waals surface area contributed by atoms with Gasteiger partial charge in [-0.25, -0.2) is 9.69 Å². The fourth-order valence-corrected chi connectivity index (χ4v) is 4.79. The summed E-state index contributed by atoms with van der Waals surface area (Å²) in [6.45, 7) is 23.7. The molecule has 0 atom stereocenters. The first-order chi connectivity index (χ1) is 20.6. The lowest BCUT2D eigenvalue weighted by atomic mass is 10.1. The van der Waals surface area contributed by atoms with Gasteiger partial charge in [0.15, 0.2) is 0 Å². The number of aryl methyl sites for hydroxylation is 1. The molecule has 0 fully saturated rings. The van der Waals surface area contributed by atoms with Gasteiger partial charge in [0.25, 0.3) is 0 Å². The summed E-state index contributed by atoms with van der Waals surface area (Å²) in [5.41, 5.74) is 4.94. The summed E-state index contributed by atoms with van der Waals surface area (Å²) in [4.78, 5) is 9.30. The third-order valence-corrected chi connectivity index (χ3v) is 7.21. The van der Waals surface area contributed by atoms with Gasteiger partial charge in [0.2, 0.25) is 10.7 Å².